The smallest absolute Gasteiger partial charge is 0.223 e. The van der Waals surface area contributed by atoms with E-state index in [0.717, 1.165) is 12.1 Å². The van der Waals surface area contributed by atoms with Gasteiger partial charge < -0.3 is 10.0 Å². The first-order chi connectivity index (χ1) is 7.79. The number of likely N-dealkylation sites (tertiary alicyclic amines) is 1. The third-order valence-corrected chi connectivity index (χ3v) is 2.81. The number of aliphatic hydroxyl groups is 1. The van der Waals surface area contributed by atoms with Gasteiger partial charge in [0, 0.05) is 57.0 Å². The van der Waals surface area contributed by atoms with Gasteiger partial charge in [0.2, 0.25) is 5.91 Å². The number of hydrogen-bond acceptors (Lipinski definition) is 4. The Labute approximate surface area is 94.1 Å². The molecule has 0 spiro atoms. The third-order valence-electron chi connectivity index (χ3n) is 2.81. The first kappa shape index (κ1) is 11.0. The minimum Gasteiger partial charge on any atom is -0.396 e. The fourth-order valence-corrected chi connectivity index (χ4v) is 1.90. The van der Waals surface area contributed by atoms with E-state index in [-0.39, 0.29) is 18.4 Å². The van der Waals surface area contributed by atoms with Gasteiger partial charge in [-0.1, -0.05) is 0 Å². The van der Waals surface area contributed by atoms with Crippen molar-refractivity contribution in [1.29, 1.82) is 0 Å². The van der Waals surface area contributed by atoms with E-state index in [2.05, 4.69) is 9.97 Å². The van der Waals surface area contributed by atoms with E-state index >= 15 is 0 Å². The number of hydrogen-bond donors (Lipinski definition) is 1. The monoisotopic (exact) mass is 221 g/mol. The van der Waals surface area contributed by atoms with Crippen LogP contribution < -0.4 is 0 Å². The zero-order valence-corrected chi connectivity index (χ0v) is 9.04. The molecule has 0 bridgehead atoms. The highest BCUT2D eigenvalue weighted by Crippen LogP contribution is 2.16. The summed E-state index contributed by atoms with van der Waals surface area (Å²) in [6, 6.07) is 0. The van der Waals surface area contributed by atoms with Gasteiger partial charge in [-0.3, -0.25) is 14.8 Å². The topological polar surface area (TPSA) is 66.3 Å². The van der Waals surface area contributed by atoms with Crippen LogP contribution in [0.25, 0.3) is 0 Å². The second-order valence-corrected chi connectivity index (χ2v) is 4.04. The van der Waals surface area contributed by atoms with E-state index < -0.39 is 0 Å². The molecule has 1 unspecified atom stereocenters. The summed E-state index contributed by atoms with van der Waals surface area (Å²) < 4.78 is 0. The maximum Gasteiger partial charge on any atom is 0.223 e. The molecule has 2 heterocycles. The number of rotatable bonds is 4. The Morgan fingerprint density at radius 1 is 1.50 bits per heavy atom. The Morgan fingerprint density at radius 3 is 3.00 bits per heavy atom. The molecule has 5 heteroatoms. The van der Waals surface area contributed by atoms with Crippen molar-refractivity contribution >= 4 is 5.91 Å². The average molecular weight is 221 g/mol. The lowest BCUT2D eigenvalue weighted by atomic mass is 10.1. The normalized spacial score (nSPS) is 20.4. The fourth-order valence-electron chi connectivity index (χ4n) is 1.90. The third kappa shape index (κ3) is 2.55. The number of carbonyl (C=O) groups is 1. The van der Waals surface area contributed by atoms with Gasteiger partial charge in [0.15, 0.2) is 0 Å². The van der Waals surface area contributed by atoms with E-state index in [0.29, 0.717) is 19.5 Å². The van der Waals surface area contributed by atoms with Gasteiger partial charge in [0.05, 0.1) is 5.69 Å². The quantitative estimate of drug-likeness (QED) is 0.768. The van der Waals surface area contributed by atoms with Gasteiger partial charge in [0.25, 0.3) is 0 Å². The maximum atomic E-state index is 11.5. The summed E-state index contributed by atoms with van der Waals surface area (Å²) in [5.41, 5.74) is 0.891. The van der Waals surface area contributed by atoms with E-state index in [9.17, 15) is 4.79 Å². The van der Waals surface area contributed by atoms with Crippen LogP contribution in [-0.4, -0.2) is 45.6 Å². The Bertz CT molecular complexity index is 356. The highest BCUT2D eigenvalue weighted by atomic mass is 16.3. The van der Waals surface area contributed by atoms with E-state index in [1.807, 2.05) is 0 Å². The van der Waals surface area contributed by atoms with Crippen LogP contribution in [0.3, 0.4) is 0 Å². The second-order valence-electron chi connectivity index (χ2n) is 4.04. The van der Waals surface area contributed by atoms with Gasteiger partial charge in [-0.15, -0.1) is 0 Å². The molecular formula is C11H15N3O2. The number of aliphatic hydroxyl groups excluding tert-OH is 1. The number of aromatic nitrogens is 2. The summed E-state index contributed by atoms with van der Waals surface area (Å²) in [5.74, 6) is 0.234. The van der Waals surface area contributed by atoms with E-state index in [4.69, 9.17) is 5.11 Å². The van der Waals surface area contributed by atoms with Crippen LogP contribution in [-0.2, 0) is 11.2 Å². The fraction of sp³-hybridized carbons (Fsp3) is 0.545. The van der Waals surface area contributed by atoms with Gasteiger partial charge in [-0.2, -0.15) is 0 Å². The molecule has 0 aliphatic carbocycles. The maximum absolute atomic E-state index is 11.5. The molecule has 16 heavy (non-hydrogen) atoms. The van der Waals surface area contributed by atoms with Crippen LogP contribution >= 0.6 is 0 Å². The predicted octanol–water partition coefficient (Wildman–Crippen LogP) is -0.140. The Morgan fingerprint density at radius 2 is 2.38 bits per heavy atom. The van der Waals surface area contributed by atoms with E-state index in [1.165, 1.54) is 0 Å². The number of nitrogens with zero attached hydrogens (tertiary/aromatic N) is 3. The lowest BCUT2D eigenvalue weighted by Gasteiger charge is -2.15. The van der Waals surface area contributed by atoms with Crippen LogP contribution in [0.4, 0.5) is 0 Å². The van der Waals surface area contributed by atoms with Crippen LogP contribution in [0, 0.1) is 5.92 Å². The Balaban J connectivity index is 1.85. The van der Waals surface area contributed by atoms with Crippen molar-refractivity contribution in [3.8, 4) is 0 Å². The second kappa shape index (κ2) is 5.03. The van der Waals surface area contributed by atoms with Crippen molar-refractivity contribution in [2.75, 3.05) is 19.7 Å². The molecule has 0 aromatic carbocycles. The van der Waals surface area contributed by atoms with E-state index in [1.54, 1.807) is 23.5 Å². The van der Waals surface area contributed by atoms with Crippen molar-refractivity contribution in [3.05, 3.63) is 24.3 Å². The van der Waals surface area contributed by atoms with Gasteiger partial charge in [0.1, 0.15) is 0 Å². The molecule has 2 rings (SSSR count). The van der Waals surface area contributed by atoms with Crippen molar-refractivity contribution in [2.45, 2.75) is 12.8 Å². The van der Waals surface area contributed by atoms with Gasteiger partial charge in [-0.05, 0) is 0 Å². The first-order valence-corrected chi connectivity index (χ1v) is 5.43. The minimum absolute atomic E-state index is 0.0907. The van der Waals surface area contributed by atoms with Crippen LogP contribution in [0.1, 0.15) is 12.1 Å². The van der Waals surface area contributed by atoms with Crippen molar-refractivity contribution in [2.24, 2.45) is 5.92 Å². The highest BCUT2D eigenvalue weighted by Gasteiger charge is 2.28. The summed E-state index contributed by atoms with van der Waals surface area (Å²) >= 11 is 0. The molecule has 5 nitrogen and oxygen atoms in total. The summed E-state index contributed by atoms with van der Waals surface area (Å²) in [5, 5.41) is 8.99. The zero-order valence-electron chi connectivity index (χ0n) is 9.04. The van der Waals surface area contributed by atoms with Crippen molar-refractivity contribution < 1.29 is 9.90 Å². The molecule has 1 atom stereocenters. The lowest BCUT2D eigenvalue weighted by molar-refractivity contribution is -0.127. The molecule has 0 saturated carbocycles. The summed E-state index contributed by atoms with van der Waals surface area (Å²) in [4.78, 5) is 21.5. The largest absolute Gasteiger partial charge is 0.396 e. The molecule has 1 aromatic rings. The van der Waals surface area contributed by atoms with Crippen LogP contribution in [0.5, 0.6) is 0 Å². The van der Waals surface area contributed by atoms with Crippen LogP contribution in [0.2, 0.25) is 0 Å². The summed E-state index contributed by atoms with van der Waals surface area (Å²) in [6.07, 6.45) is 6.18. The summed E-state index contributed by atoms with van der Waals surface area (Å²) in [7, 11) is 0. The lowest BCUT2D eigenvalue weighted by Crippen LogP contribution is -2.28. The van der Waals surface area contributed by atoms with Crippen LogP contribution in [0.15, 0.2) is 18.6 Å². The van der Waals surface area contributed by atoms with Gasteiger partial charge in [-0.25, -0.2) is 0 Å². The Kier molecular flexibility index (Phi) is 3.46. The predicted molar refractivity (Wildman–Crippen MR) is 57.5 cm³/mol. The Hall–Kier alpha value is -1.49. The standard InChI is InChI=1S/C11H15N3O2/c15-8-9-5-11(16)14(7-9)4-1-10-6-12-2-3-13-10/h2-3,6,9,15H,1,4-5,7-8H2. The molecule has 1 aliphatic heterocycles. The zero-order chi connectivity index (χ0) is 11.4. The molecule has 1 aliphatic rings. The van der Waals surface area contributed by atoms with Gasteiger partial charge >= 0.3 is 0 Å². The average Bonchev–Trinajstić information content (AvgIpc) is 2.69. The molecule has 86 valence electrons. The van der Waals surface area contributed by atoms with Crippen molar-refractivity contribution in [1.82, 2.24) is 14.9 Å². The molecule has 1 saturated heterocycles. The first-order valence-electron chi connectivity index (χ1n) is 5.43. The summed E-state index contributed by atoms with van der Waals surface area (Å²) in [6.45, 7) is 1.41. The molecule has 1 aromatic heterocycles. The number of carbonyl (C=O) groups excluding carboxylic acids is 1. The van der Waals surface area contributed by atoms with Crippen molar-refractivity contribution in [3.63, 3.8) is 0 Å². The SMILES string of the molecule is O=C1CC(CO)CN1CCc1cnccn1. The molecular weight excluding hydrogens is 206 g/mol. The molecule has 1 N–H and O–H groups in total. The molecule has 0 radical (unpaired) electrons. The minimum atomic E-state index is 0.0907. The highest BCUT2D eigenvalue weighted by molar-refractivity contribution is 5.78. The number of amides is 1. The molecule has 1 amide bonds. The molecule has 1 fully saturated rings.